The van der Waals surface area contributed by atoms with Gasteiger partial charge in [0.05, 0.1) is 5.51 Å². The summed E-state index contributed by atoms with van der Waals surface area (Å²) < 4.78 is 0. The summed E-state index contributed by atoms with van der Waals surface area (Å²) in [5.74, 6) is 0. The van der Waals surface area contributed by atoms with Crippen LogP contribution < -0.4 is 5.73 Å². The smallest absolute Gasteiger partial charge is 0.0794 e. The molecule has 0 saturated heterocycles. The Labute approximate surface area is 99.4 Å². The number of pyridine rings is 1. The monoisotopic (exact) mass is 233 g/mol. The third-order valence-electron chi connectivity index (χ3n) is 2.57. The second-order valence-electron chi connectivity index (χ2n) is 3.91. The van der Waals surface area contributed by atoms with Gasteiger partial charge in [-0.2, -0.15) is 0 Å². The zero-order valence-electron chi connectivity index (χ0n) is 9.47. The summed E-state index contributed by atoms with van der Waals surface area (Å²) in [5, 5.41) is 0. The van der Waals surface area contributed by atoms with Gasteiger partial charge in [0.25, 0.3) is 0 Å². The van der Waals surface area contributed by atoms with E-state index in [0.717, 1.165) is 23.4 Å². The molecular weight excluding hydrogens is 218 g/mol. The molecule has 3 nitrogen and oxygen atoms in total. The summed E-state index contributed by atoms with van der Waals surface area (Å²) in [6.07, 6.45) is 2.71. The molecule has 0 aliphatic rings. The maximum Gasteiger partial charge on any atom is 0.0794 e. The minimum Gasteiger partial charge on any atom is -0.324 e. The van der Waals surface area contributed by atoms with Gasteiger partial charge in [0.1, 0.15) is 0 Å². The minimum absolute atomic E-state index is 0.00792. The van der Waals surface area contributed by atoms with Crippen LogP contribution in [0, 0.1) is 13.8 Å². The minimum atomic E-state index is 0.00792. The van der Waals surface area contributed by atoms with Crippen molar-refractivity contribution in [2.24, 2.45) is 5.73 Å². The van der Waals surface area contributed by atoms with Gasteiger partial charge in [-0.05, 0) is 25.5 Å². The average Bonchev–Trinajstić information content (AvgIpc) is 2.70. The third-order valence-corrected chi connectivity index (χ3v) is 3.37. The third kappa shape index (κ3) is 2.46. The molecular formula is C12H15N3S. The summed E-state index contributed by atoms with van der Waals surface area (Å²) >= 11 is 1.64. The van der Waals surface area contributed by atoms with Crippen LogP contribution in [0.25, 0.3) is 0 Å². The van der Waals surface area contributed by atoms with Crippen molar-refractivity contribution in [2.45, 2.75) is 26.3 Å². The number of hydrogen-bond acceptors (Lipinski definition) is 4. The van der Waals surface area contributed by atoms with E-state index in [9.17, 15) is 0 Å². The molecule has 0 fully saturated rings. The van der Waals surface area contributed by atoms with E-state index in [4.69, 9.17) is 5.73 Å². The highest BCUT2D eigenvalue weighted by Crippen LogP contribution is 2.20. The Hall–Kier alpha value is -1.26. The molecule has 2 aromatic rings. The van der Waals surface area contributed by atoms with Gasteiger partial charge in [-0.15, -0.1) is 11.3 Å². The normalized spacial score (nSPS) is 12.7. The van der Waals surface area contributed by atoms with Crippen LogP contribution in [-0.4, -0.2) is 9.97 Å². The highest BCUT2D eigenvalue weighted by atomic mass is 32.1. The van der Waals surface area contributed by atoms with Crippen molar-refractivity contribution in [1.82, 2.24) is 9.97 Å². The summed E-state index contributed by atoms with van der Waals surface area (Å²) in [6.45, 7) is 4.00. The van der Waals surface area contributed by atoms with Gasteiger partial charge in [0.2, 0.25) is 0 Å². The van der Waals surface area contributed by atoms with E-state index in [2.05, 4.69) is 16.0 Å². The molecule has 1 unspecified atom stereocenters. The topological polar surface area (TPSA) is 51.8 Å². The Morgan fingerprint density at radius 3 is 2.81 bits per heavy atom. The van der Waals surface area contributed by atoms with E-state index in [0.29, 0.717) is 0 Å². The highest BCUT2D eigenvalue weighted by molar-refractivity contribution is 7.09. The van der Waals surface area contributed by atoms with Crippen molar-refractivity contribution < 1.29 is 0 Å². The van der Waals surface area contributed by atoms with Crippen LogP contribution in [0.3, 0.4) is 0 Å². The summed E-state index contributed by atoms with van der Waals surface area (Å²) in [5.41, 5.74) is 11.2. The van der Waals surface area contributed by atoms with Crippen LogP contribution in [0.4, 0.5) is 0 Å². The second-order valence-corrected chi connectivity index (χ2v) is 4.88. The number of thiazole rings is 1. The average molecular weight is 233 g/mol. The number of rotatable bonds is 3. The van der Waals surface area contributed by atoms with Gasteiger partial charge in [-0.1, -0.05) is 6.07 Å². The van der Waals surface area contributed by atoms with Crippen molar-refractivity contribution >= 4 is 11.3 Å². The Kier molecular flexibility index (Phi) is 3.31. The largest absolute Gasteiger partial charge is 0.324 e. The first-order valence-electron chi connectivity index (χ1n) is 5.24. The Balaban J connectivity index is 2.17. The number of nitrogens with two attached hydrogens (primary N) is 1. The van der Waals surface area contributed by atoms with Crippen molar-refractivity contribution in [3.63, 3.8) is 0 Å². The molecule has 16 heavy (non-hydrogen) atoms. The molecule has 0 aromatic carbocycles. The molecule has 0 radical (unpaired) electrons. The summed E-state index contributed by atoms with van der Waals surface area (Å²) in [7, 11) is 0. The molecule has 0 spiro atoms. The van der Waals surface area contributed by atoms with Gasteiger partial charge < -0.3 is 5.73 Å². The number of aryl methyl sites for hydroxylation is 2. The van der Waals surface area contributed by atoms with E-state index in [1.165, 1.54) is 4.88 Å². The predicted molar refractivity (Wildman–Crippen MR) is 66.5 cm³/mol. The predicted octanol–water partition coefficient (Wildman–Crippen LogP) is 2.40. The fourth-order valence-electron chi connectivity index (χ4n) is 1.76. The van der Waals surface area contributed by atoms with E-state index >= 15 is 0 Å². The Morgan fingerprint density at radius 1 is 1.38 bits per heavy atom. The standard InChI is InChI=1S/C12H15N3S/c1-8-3-4-11(9(2)15-8)12(13)5-10-6-14-7-16-10/h3-4,6-7,12H,5,13H2,1-2H3. The Bertz CT molecular complexity index is 465. The maximum atomic E-state index is 6.18. The van der Waals surface area contributed by atoms with E-state index < -0.39 is 0 Å². The van der Waals surface area contributed by atoms with Crippen molar-refractivity contribution in [3.8, 4) is 0 Å². The van der Waals surface area contributed by atoms with Gasteiger partial charge in [-0.3, -0.25) is 9.97 Å². The zero-order valence-corrected chi connectivity index (χ0v) is 10.3. The first-order valence-corrected chi connectivity index (χ1v) is 6.12. The van der Waals surface area contributed by atoms with Gasteiger partial charge in [0, 0.05) is 34.9 Å². The lowest BCUT2D eigenvalue weighted by molar-refractivity contribution is 0.716. The second kappa shape index (κ2) is 4.72. The van der Waals surface area contributed by atoms with E-state index in [1.807, 2.05) is 31.6 Å². The molecule has 84 valence electrons. The van der Waals surface area contributed by atoms with Crippen molar-refractivity contribution in [1.29, 1.82) is 0 Å². The van der Waals surface area contributed by atoms with Crippen LogP contribution >= 0.6 is 11.3 Å². The van der Waals surface area contributed by atoms with Crippen LogP contribution in [-0.2, 0) is 6.42 Å². The molecule has 0 aliphatic carbocycles. The summed E-state index contributed by atoms with van der Waals surface area (Å²) in [4.78, 5) is 9.70. The fraction of sp³-hybridized carbons (Fsp3) is 0.333. The fourth-order valence-corrected chi connectivity index (χ4v) is 2.41. The number of hydrogen-bond donors (Lipinski definition) is 1. The molecule has 2 rings (SSSR count). The molecule has 4 heteroatoms. The SMILES string of the molecule is Cc1ccc(C(N)Cc2cncs2)c(C)n1. The molecule has 2 aromatic heterocycles. The van der Waals surface area contributed by atoms with Gasteiger partial charge in [-0.25, -0.2) is 0 Å². The van der Waals surface area contributed by atoms with E-state index in [1.54, 1.807) is 11.3 Å². The molecule has 0 aliphatic heterocycles. The lowest BCUT2D eigenvalue weighted by atomic mass is 10.0. The van der Waals surface area contributed by atoms with E-state index in [-0.39, 0.29) is 6.04 Å². The van der Waals surface area contributed by atoms with Crippen molar-refractivity contribution in [3.05, 3.63) is 45.7 Å². The zero-order chi connectivity index (χ0) is 11.5. The molecule has 1 atom stereocenters. The molecule has 2 N–H and O–H groups in total. The molecule has 0 saturated carbocycles. The van der Waals surface area contributed by atoms with Crippen LogP contribution in [0.1, 0.15) is 27.9 Å². The van der Waals surface area contributed by atoms with Crippen molar-refractivity contribution in [2.75, 3.05) is 0 Å². The molecule has 0 bridgehead atoms. The number of aromatic nitrogens is 2. The van der Waals surface area contributed by atoms with Gasteiger partial charge >= 0.3 is 0 Å². The van der Waals surface area contributed by atoms with Crippen LogP contribution in [0.2, 0.25) is 0 Å². The lowest BCUT2D eigenvalue weighted by Crippen LogP contribution is -2.15. The first kappa shape index (κ1) is 11.2. The lowest BCUT2D eigenvalue weighted by Gasteiger charge is -2.13. The van der Waals surface area contributed by atoms with Crippen LogP contribution in [0.15, 0.2) is 23.8 Å². The first-order chi connectivity index (χ1) is 7.66. The van der Waals surface area contributed by atoms with Gasteiger partial charge in [0.15, 0.2) is 0 Å². The number of nitrogens with zero attached hydrogens (tertiary/aromatic N) is 2. The quantitative estimate of drug-likeness (QED) is 0.885. The Morgan fingerprint density at radius 2 is 2.19 bits per heavy atom. The highest BCUT2D eigenvalue weighted by Gasteiger charge is 2.11. The van der Waals surface area contributed by atoms with Crippen LogP contribution in [0.5, 0.6) is 0 Å². The molecule has 2 heterocycles. The molecule has 0 amide bonds. The maximum absolute atomic E-state index is 6.18. The summed E-state index contributed by atoms with van der Waals surface area (Å²) in [6, 6.07) is 4.09.